The van der Waals surface area contributed by atoms with Crippen molar-refractivity contribution in [1.82, 2.24) is 0 Å². The second-order valence-electron chi connectivity index (χ2n) is 3.99. The van der Waals surface area contributed by atoms with Gasteiger partial charge in [-0.25, -0.2) is 0 Å². The topological polar surface area (TPSA) is 73.3 Å². The Morgan fingerprint density at radius 1 is 1.11 bits per heavy atom. The Labute approximate surface area is 102 Å². The molecule has 0 atom stereocenters. The smallest absolute Gasteiger partial charge is 0.206 e. The van der Waals surface area contributed by atoms with Crippen molar-refractivity contribution >= 4 is 33.9 Å². The first-order valence-electron chi connectivity index (χ1n) is 5.41. The Hall–Kier alpha value is -2.62. The van der Waals surface area contributed by atoms with Crippen LogP contribution in [0.5, 0.6) is 0 Å². The zero-order chi connectivity index (χ0) is 12.7. The quantitative estimate of drug-likeness (QED) is 0.522. The van der Waals surface area contributed by atoms with Crippen molar-refractivity contribution in [3.05, 3.63) is 52.2 Å². The van der Waals surface area contributed by atoms with Crippen LogP contribution in [0.25, 0.3) is 21.7 Å². The molecular formula is C14H9NO3. The molecule has 0 bridgehead atoms. The molecule has 0 spiro atoms. The van der Waals surface area contributed by atoms with Crippen LogP contribution in [0.1, 0.15) is 10.4 Å². The van der Waals surface area contributed by atoms with Crippen molar-refractivity contribution in [3.8, 4) is 0 Å². The molecule has 2 aromatic carbocycles. The van der Waals surface area contributed by atoms with Gasteiger partial charge in [0.15, 0.2) is 6.29 Å². The second-order valence-corrected chi connectivity index (χ2v) is 3.99. The van der Waals surface area contributed by atoms with Gasteiger partial charge in [-0.1, -0.05) is 30.3 Å². The number of aldehydes is 1. The number of hydrogen-bond donors (Lipinski definition) is 1. The molecule has 0 radical (unpaired) electrons. The van der Waals surface area contributed by atoms with Crippen molar-refractivity contribution in [2.24, 2.45) is 0 Å². The van der Waals surface area contributed by atoms with Gasteiger partial charge < -0.3 is 10.2 Å². The number of carbonyl (C=O) groups is 1. The molecule has 4 heteroatoms. The number of fused-ring (bicyclic) bond motifs is 3. The van der Waals surface area contributed by atoms with Crippen molar-refractivity contribution in [2.45, 2.75) is 0 Å². The van der Waals surface area contributed by atoms with Crippen LogP contribution in [0.2, 0.25) is 0 Å². The fraction of sp³-hybridized carbons (Fsp3) is 0. The fourth-order valence-corrected chi connectivity index (χ4v) is 2.10. The lowest BCUT2D eigenvalue weighted by atomic mass is 10.0. The lowest BCUT2D eigenvalue weighted by Gasteiger charge is -2.04. The monoisotopic (exact) mass is 239 g/mol. The Bertz CT molecular complexity index is 833. The van der Waals surface area contributed by atoms with Gasteiger partial charge in [0.05, 0.1) is 5.39 Å². The molecule has 2 N–H and O–H groups in total. The van der Waals surface area contributed by atoms with E-state index in [1.807, 2.05) is 30.3 Å². The highest BCUT2D eigenvalue weighted by Crippen LogP contribution is 2.24. The van der Waals surface area contributed by atoms with Gasteiger partial charge in [-0.15, -0.1) is 0 Å². The Balaban J connectivity index is 2.65. The highest BCUT2D eigenvalue weighted by Gasteiger charge is 2.13. The molecular weight excluding hydrogens is 230 g/mol. The van der Waals surface area contributed by atoms with E-state index in [0.717, 1.165) is 10.8 Å². The van der Waals surface area contributed by atoms with Gasteiger partial charge >= 0.3 is 0 Å². The summed E-state index contributed by atoms with van der Waals surface area (Å²) in [4.78, 5) is 23.1. The molecule has 88 valence electrons. The summed E-state index contributed by atoms with van der Waals surface area (Å²) in [5.41, 5.74) is 5.42. The van der Waals surface area contributed by atoms with Gasteiger partial charge in [-0.2, -0.15) is 0 Å². The van der Waals surface area contributed by atoms with Crippen molar-refractivity contribution in [2.75, 3.05) is 5.73 Å². The Morgan fingerprint density at radius 2 is 1.89 bits per heavy atom. The van der Waals surface area contributed by atoms with Gasteiger partial charge in [0, 0.05) is 0 Å². The van der Waals surface area contributed by atoms with Crippen LogP contribution >= 0.6 is 0 Å². The zero-order valence-electron chi connectivity index (χ0n) is 9.34. The minimum Gasteiger partial charge on any atom is -0.440 e. The maximum absolute atomic E-state index is 12.2. The number of benzene rings is 2. The molecule has 1 aromatic heterocycles. The minimum absolute atomic E-state index is 0.126. The first-order chi connectivity index (χ1) is 8.72. The molecule has 3 rings (SSSR count). The first kappa shape index (κ1) is 10.5. The van der Waals surface area contributed by atoms with Crippen LogP contribution in [0.15, 0.2) is 45.6 Å². The molecule has 0 amide bonds. The summed E-state index contributed by atoms with van der Waals surface area (Å²) in [7, 11) is 0. The molecule has 0 aliphatic rings. The van der Waals surface area contributed by atoms with E-state index in [0.29, 0.717) is 17.3 Å². The highest BCUT2D eigenvalue weighted by atomic mass is 16.3. The van der Waals surface area contributed by atoms with E-state index in [1.54, 1.807) is 6.07 Å². The van der Waals surface area contributed by atoms with Gasteiger partial charge in [-0.3, -0.25) is 9.59 Å². The summed E-state index contributed by atoms with van der Waals surface area (Å²) in [5.74, 6) is -0.141. The van der Waals surface area contributed by atoms with Gasteiger partial charge in [-0.05, 0) is 16.8 Å². The molecule has 0 unspecified atom stereocenters. The maximum atomic E-state index is 12.2. The molecule has 18 heavy (non-hydrogen) atoms. The molecule has 0 fully saturated rings. The maximum Gasteiger partial charge on any atom is 0.206 e. The largest absolute Gasteiger partial charge is 0.440 e. The Morgan fingerprint density at radius 3 is 2.67 bits per heavy atom. The predicted octanol–water partition coefficient (Wildman–Crippen LogP) is 2.34. The molecule has 0 saturated heterocycles. The SMILES string of the molecule is Nc1oc2ccc3ccccc3c2c(=O)c1C=O. The summed E-state index contributed by atoms with van der Waals surface area (Å²) in [6.07, 6.45) is 0.433. The van der Waals surface area contributed by atoms with Crippen LogP contribution in [0.3, 0.4) is 0 Å². The van der Waals surface area contributed by atoms with Crippen LogP contribution in [0, 0.1) is 0 Å². The third-order valence-corrected chi connectivity index (χ3v) is 2.97. The average Bonchev–Trinajstić information content (AvgIpc) is 2.38. The standard InChI is InChI=1S/C14H9NO3/c15-14-10(7-16)13(17)12-9-4-2-1-3-8(9)5-6-11(12)18-14/h1-7H,15H2. The van der Waals surface area contributed by atoms with E-state index < -0.39 is 0 Å². The summed E-state index contributed by atoms with van der Waals surface area (Å²) >= 11 is 0. The average molecular weight is 239 g/mol. The number of carbonyl (C=O) groups excluding carboxylic acids is 1. The normalized spacial score (nSPS) is 10.9. The summed E-state index contributed by atoms with van der Waals surface area (Å²) in [6.45, 7) is 0. The fourth-order valence-electron chi connectivity index (χ4n) is 2.10. The molecule has 3 aromatic rings. The third-order valence-electron chi connectivity index (χ3n) is 2.97. The van der Waals surface area contributed by atoms with Crippen molar-refractivity contribution in [3.63, 3.8) is 0 Å². The summed E-state index contributed by atoms with van der Waals surface area (Å²) in [6, 6.07) is 11.0. The number of rotatable bonds is 1. The van der Waals surface area contributed by atoms with E-state index >= 15 is 0 Å². The van der Waals surface area contributed by atoms with Gasteiger partial charge in [0.1, 0.15) is 11.1 Å². The predicted molar refractivity (Wildman–Crippen MR) is 69.8 cm³/mol. The number of anilines is 1. The Kier molecular flexibility index (Phi) is 2.16. The van der Waals surface area contributed by atoms with E-state index in [-0.39, 0.29) is 16.9 Å². The number of hydrogen-bond acceptors (Lipinski definition) is 4. The van der Waals surface area contributed by atoms with Crippen molar-refractivity contribution < 1.29 is 9.21 Å². The van der Waals surface area contributed by atoms with E-state index in [2.05, 4.69) is 0 Å². The van der Waals surface area contributed by atoms with Crippen molar-refractivity contribution in [1.29, 1.82) is 0 Å². The van der Waals surface area contributed by atoms with E-state index in [9.17, 15) is 9.59 Å². The van der Waals surface area contributed by atoms with Crippen LogP contribution < -0.4 is 11.2 Å². The first-order valence-corrected chi connectivity index (χ1v) is 5.41. The second kappa shape index (κ2) is 3.70. The van der Waals surface area contributed by atoms with E-state index in [1.165, 1.54) is 0 Å². The van der Waals surface area contributed by atoms with Gasteiger partial charge in [0.2, 0.25) is 11.3 Å². The molecule has 0 aliphatic heterocycles. The summed E-state index contributed by atoms with van der Waals surface area (Å²) < 4.78 is 5.32. The molecule has 1 heterocycles. The number of nitrogens with two attached hydrogens (primary N) is 1. The molecule has 0 aliphatic carbocycles. The van der Waals surface area contributed by atoms with Crippen LogP contribution in [-0.4, -0.2) is 6.29 Å². The van der Waals surface area contributed by atoms with Crippen LogP contribution in [0.4, 0.5) is 5.88 Å². The lowest BCUT2D eigenvalue weighted by Crippen LogP contribution is -2.11. The minimum atomic E-state index is -0.388. The third kappa shape index (κ3) is 1.32. The lowest BCUT2D eigenvalue weighted by molar-refractivity contribution is 0.112. The van der Waals surface area contributed by atoms with Crippen LogP contribution in [-0.2, 0) is 0 Å². The highest BCUT2D eigenvalue weighted by molar-refractivity contribution is 6.07. The molecule has 0 saturated carbocycles. The zero-order valence-corrected chi connectivity index (χ0v) is 9.34. The molecule has 4 nitrogen and oxygen atoms in total. The summed E-state index contributed by atoms with van der Waals surface area (Å²) in [5, 5.41) is 2.06. The number of nitrogen functional groups attached to an aromatic ring is 1. The van der Waals surface area contributed by atoms with E-state index in [4.69, 9.17) is 10.2 Å². The van der Waals surface area contributed by atoms with Gasteiger partial charge in [0.25, 0.3) is 0 Å².